The lowest BCUT2D eigenvalue weighted by atomic mass is 10.1. The van der Waals surface area contributed by atoms with Gasteiger partial charge in [-0.1, -0.05) is 29.4 Å². The van der Waals surface area contributed by atoms with Gasteiger partial charge in [-0.25, -0.2) is 8.42 Å². The fourth-order valence-corrected chi connectivity index (χ4v) is 4.24. The summed E-state index contributed by atoms with van der Waals surface area (Å²) in [4.78, 5) is 14.9. The minimum atomic E-state index is -4.04. The van der Waals surface area contributed by atoms with Crippen molar-refractivity contribution in [3.63, 3.8) is 0 Å². The second kappa shape index (κ2) is 7.66. The minimum absolute atomic E-state index is 0.0191. The van der Waals surface area contributed by atoms with Gasteiger partial charge in [0.1, 0.15) is 5.69 Å². The predicted octanol–water partition coefficient (Wildman–Crippen LogP) is 4.56. The molecule has 0 aliphatic carbocycles. The summed E-state index contributed by atoms with van der Waals surface area (Å²) in [6.45, 7) is 0. The maximum Gasteiger partial charge on any atom is 0.281 e. The number of nitrogens with one attached hydrogen (secondary N) is 1. The van der Waals surface area contributed by atoms with E-state index in [1.165, 1.54) is 18.2 Å². The number of nitro groups is 1. The topological polar surface area (TPSA) is 141 Å². The molecule has 0 amide bonds. The van der Waals surface area contributed by atoms with Crippen LogP contribution in [-0.2, 0) is 10.0 Å². The quantitative estimate of drug-likeness (QED) is 0.208. The van der Waals surface area contributed by atoms with Crippen molar-refractivity contribution in [2.75, 3.05) is 23.7 Å². The zero-order chi connectivity index (χ0) is 21.2. The number of benzene rings is 3. The van der Waals surface area contributed by atoms with Gasteiger partial charge in [-0.05, 0) is 29.8 Å². The molecule has 0 unspecified atom stereocenters. The Morgan fingerprint density at radius 3 is 2.45 bits per heavy atom. The highest BCUT2D eigenvalue weighted by molar-refractivity contribution is 7.93. The van der Waals surface area contributed by atoms with E-state index in [9.17, 15) is 18.5 Å². The van der Waals surface area contributed by atoms with Crippen molar-refractivity contribution >= 4 is 43.5 Å². The van der Waals surface area contributed by atoms with Crippen LogP contribution in [0.4, 0.5) is 22.7 Å². The molecular formula is C18H16N6O4S. The van der Waals surface area contributed by atoms with Crippen LogP contribution < -0.4 is 9.62 Å². The lowest BCUT2D eigenvalue weighted by Gasteiger charge is -2.17. The van der Waals surface area contributed by atoms with E-state index >= 15 is 0 Å². The molecule has 0 bridgehead atoms. The Kier molecular flexibility index (Phi) is 5.26. The molecule has 148 valence electrons. The van der Waals surface area contributed by atoms with Crippen molar-refractivity contribution < 1.29 is 13.3 Å². The molecule has 0 saturated heterocycles. The lowest BCUT2D eigenvalue weighted by Crippen LogP contribution is -2.14. The van der Waals surface area contributed by atoms with E-state index in [2.05, 4.69) is 14.7 Å². The van der Waals surface area contributed by atoms with Gasteiger partial charge in [0.2, 0.25) is 0 Å². The number of hydrogen-bond acceptors (Lipinski definition) is 6. The molecule has 29 heavy (non-hydrogen) atoms. The van der Waals surface area contributed by atoms with Crippen molar-refractivity contribution in [2.45, 2.75) is 4.90 Å². The summed E-state index contributed by atoms with van der Waals surface area (Å²) in [5.74, 6) is 0. The molecule has 0 spiro atoms. The van der Waals surface area contributed by atoms with Crippen LogP contribution in [0.2, 0.25) is 0 Å². The SMILES string of the molecule is CN(C)c1cccc2c(S(=O)(=O)Nc3ccc(N=[N+]=[N-])c([N+](=O)[O-])c3)cccc12. The van der Waals surface area contributed by atoms with E-state index in [-0.39, 0.29) is 16.3 Å². The first-order valence-corrected chi connectivity index (χ1v) is 9.78. The monoisotopic (exact) mass is 412 g/mol. The average molecular weight is 412 g/mol. The normalized spacial score (nSPS) is 11.0. The molecule has 11 heteroatoms. The first-order valence-electron chi connectivity index (χ1n) is 8.30. The third-order valence-corrected chi connectivity index (χ3v) is 5.65. The van der Waals surface area contributed by atoms with Crippen LogP contribution in [0, 0.1) is 10.1 Å². The number of anilines is 2. The first-order chi connectivity index (χ1) is 13.7. The van der Waals surface area contributed by atoms with Gasteiger partial charge in [-0.2, -0.15) is 0 Å². The van der Waals surface area contributed by atoms with Crippen LogP contribution in [0.15, 0.2) is 64.6 Å². The summed E-state index contributed by atoms with van der Waals surface area (Å²) in [5.41, 5.74) is 8.64. The van der Waals surface area contributed by atoms with Crippen molar-refractivity contribution in [1.82, 2.24) is 0 Å². The standard InChI is InChI=1S/C18H16N6O4S/c1-23(2)16-7-3-6-14-13(16)5-4-8-18(14)29(27,28)21-12-9-10-15(20-22-19)17(11-12)24(25)26/h3-11,21H,1-2H3. The number of nitro benzene ring substituents is 1. The van der Waals surface area contributed by atoms with Crippen molar-refractivity contribution in [1.29, 1.82) is 0 Å². The molecule has 0 aromatic heterocycles. The molecule has 10 nitrogen and oxygen atoms in total. The molecule has 0 fully saturated rings. The summed E-state index contributed by atoms with van der Waals surface area (Å²) in [5, 5.41) is 15.7. The third-order valence-electron chi connectivity index (χ3n) is 4.21. The Labute approximate surface area is 166 Å². The number of nitrogens with zero attached hydrogens (tertiary/aromatic N) is 5. The van der Waals surface area contributed by atoms with Crippen molar-refractivity contribution in [3.05, 3.63) is 75.2 Å². The Bertz CT molecular complexity index is 1270. The van der Waals surface area contributed by atoms with E-state index in [0.717, 1.165) is 17.1 Å². The first kappa shape index (κ1) is 19.9. The van der Waals surface area contributed by atoms with Gasteiger partial charge >= 0.3 is 0 Å². The number of sulfonamides is 1. The van der Waals surface area contributed by atoms with Crippen LogP contribution in [-0.4, -0.2) is 27.4 Å². The van der Waals surface area contributed by atoms with E-state index in [1.807, 2.05) is 31.1 Å². The van der Waals surface area contributed by atoms with Crippen LogP contribution in [0.3, 0.4) is 0 Å². The van der Waals surface area contributed by atoms with E-state index < -0.39 is 20.6 Å². The molecule has 0 radical (unpaired) electrons. The second-order valence-electron chi connectivity index (χ2n) is 6.28. The molecule has 0 aliphatic heterocycles. The smallest absolute Gasteiger partial charge is 0.281 e. The highest BCUT2D eigenvalue weighted by Crippen LogP contribution is 2.33. The number of fused-ring (bicyclic) bond motifs is 1. The van der Waals surface area contributed by atoms with Gasteiger partial charge in [0.15, 0.2) is 0 Å². The van der Waals surface area contributed by atoms with Gasteiger partial charge in [-0.15, -0.1) is 0 Å². The Morgan fingerprint density at radius 1 is 1.10 bits per heavy atom. The maximum atomic E-state index is 13.0. The van der Waals surface area contributed by atoms with E-state index in [1.54, 1.807) is 18.2 Å². The fraction of sp³-hybridized carbons (Fsp3) is 0.111. The number of azide groups is 1. The molecular weight excluding hydrogens is 396 g/mol. The Balaban J connectivity index is 2.10. The zero-order valence-electron chi connectivity index (χ0n) is 15.5. The van der Waals surface area contributed by atoms with Gasteiger partial charge in [0, 0.05) is 41.5 Å². The lowest BCUT2D eigenvalue weighted by molar-refractivity contribution is -0.384. The molecule has 3 aromatic rings. The largest absolute Gasteiger partial charge is 0.377 e. The molecule has 0 aliphatic rings. The Morgan fingerprint density at radius 2 is 1.79 bits per heavy atom. The highest BCUT2D eigenvalue weighted by atomic mass is 32.2. The van der Waals surface area contributed by atoms with Gasteiger partial charge in [0.25, 0.3) is 15.7 Å². The molecule has 0 atom stereocenters. The van der Waals surface area contributed by atoms with Crippen molar-refractivity contribution in [2.24, 2.45) is 5.11 Å². The minimum Gasteiger partial charge on any atom is -0.377 e. The van der Waals surface area contributed by atoms with Gasteiger partial charge in [-0.3, -0.25) is 14.8 Å². The molecule has 3 rings (SSSR count). The number of rotatable bonds is 6. The summed E-state index contributed by atoms with van der Waals surface area (Å²) in [7, 11) is -0.325. The fourth-order valence-electron chi connectivity index (χ4n) is 2.96. The molecule has 0 heterocycles. The van der Waals surface area contributed by atoms with E-state index in [4.69, 9.17) is 5.53 Å². The van der Waals surface area contributed by atoms with Gasteiger partial charge < -0.3 is 4.90 Å². The van der Waals surface area contributed by atoms with Crippen LogP contribution >= 0.6 is 0 Å². The number of hydrogen-bond donors (Lipinski definition) is 1. The molecule has 1 N–H and O–H groups in total. The van der Waals surface area contributed by atoms with Gasteiger partial charge in [0.05, 0.1) is 15.5 Å². The average Bonchev–Trinajstić information content (AvgIpc) is 2.67. The van der Waals surface area contributed by atoms with E-state index in [0.29, 0.717) is 5.39 Å². The maximum absolute atomic E-state index is 13.0. The summed E-state index contributed by atoms with van der Waals surface area (Å²) < 4.78 is 28.4. The van der Waals surface area contributed by atoms with Crippen molar-refractivity contribution in [3.8, 4) is 0 Å². The second-order valence-corrected chi connectivity index (χ2v) is 7.93. The predicted molar refractivity (Wildman–Crippen MR) is 111 cm³/mol. The zero-order valence-corrected chi connectivity index (χ0v) is 16.3. The summed E-state index contributed by atoms with van der Waals surface area (Å²) >= 11 is 0. The highest BCUT2D eigenvalue weighted by Gasteiger charge is 2.21. The molecule has 3 aromatic carbocycles. The van der Waals surface area contributed by atoms with Crippen LogP contribution in [0.5, 0.6) is 0 Å². The van der Waals surface area contributed by atoms with Crippen LogP contribution in [0.25, 0.3) is 21.2 Å². The summed E-state index contributed by atoms with van der Waals surface area (Å²) in [6.07, 6.45) is 0. The summed E-state index contributed by atoms with van der Waals surface area (Å²) in [6, 6.07) is 13.8. The Hall–Kier alpha value is -3.82. The molecule has 0 saturated carbocycles. The third kappa shape index (κ3) is 3.91. The van der Waals surface area contributed by atoms with Crippen LogP contribution in [0.1, 0.15) is 0 Å².